The van der Waals surface area contributed by atoms with Crippen molar-refractivity contribution in [2.75, 3.05) is 11.1 Å². The van der Waals surface area contributed by atoms with E-state index in [1.54, 1.807) is 6.33 Å². The first-order chi connectivity index (χ1) is 7.66. The average Bonchev–Trinajstić information content (AvgIpc) is 2.96. The van der Waals surface area contributed by atoms with Crippen LogP contribution in [0, 0.1) is 0 Å². The molecule has 4 heteroatoms. The molecule has 2 aromatic rings. The molecule has 0 amide bonds. The Hall–Kier alpha value is -1.84. The molecule has 0 atom stereocenters. The molecule has 1 aliphatic rings. The number of hydrogen-bond donors (Lipinski definition) is 2. The average molecular weight is 214 g/mol. The second kappa shape index (κ2) is 3.07. The molecular weight excluding hydrogens is 200 g/mol. The Bertz CT molecular complexity index is 546. The third-order valence-electron chi connectivity index (χ3n) is 3.08. The van der Waals surface area contributed by atoms with Crippen LogP contribution in [0.25, 0.3) is 10.9 Å². The maximum Gasteiger partial charge on any atom is 0.137 e. The van der Waals surface area contributed by atoms with Gasteiger partial charge in [-0.3, -0.25) is 0 Å². The monoisotopic (exact) mass is 214 g/mol. The van der Waals surface area contributed by atoms with E-state index in [1.807, 2.05) is 18.2 Å². The Balaban J connectivity index is 2.10. The molecule has 16 heavy (non-hydrogen) atoms. The van der Waals surface area contributed by atoms with E-state index in [9.17, 15) is 0 Å². The third kappa shape index (κ3) is 1.56. The molecule has 3 N–H and O–H groups in total. The Morgan fingerprint density at radius 1 is 1.31 bits per heavy atom. The van der Waals surface area contributed by atoms with Crippen molar-refractivity contribution in [3.05, 3.63) is 24.5 Å². The molecule has 1 aliphatic carbocycles. The van der Waals surface area contributed by atoms with Crippen LogP contribution in [-0.4, -0.2) is 15.5 Å². The van der Waals surface area contributed by atoms with Gasteiger partial charge >= 0.3 is 0 Å². The van der Waals surface area contributed by atoms with Crippen LogP contribution in [0.15, 0.2) is 24.5 Å². The van der Waals surface area contributed by atoms with E-state index >= 15 is 0 Å². The molecule has 0 spiro atoms. The van der Waals surface area contributed by atoms with E-state index in [1.165, 1.54) is 12.8 Å². The van der Waals surface area contributed by atoms with E-state index < -0.39 is 0 Å². The van der Waals surface area contributed by atoms with E-state index in [4.69, 9.17) is 5.73 Å². The van der Waals surface area contributed by atoms with Crippen LogP contribution in [0.5, 0.6) is 0 Å². The summed E-state index contributed by atoms with van der Waals surface area (Å²) >= 11 is 0. The van der Waals surface area contributed by atoms with Crippen LogP contribution < -0.4 is 11.1 Å². The topological polar surface area (TPSA) is 63.8 Å². The van der Waals surface area contributed by atoms with Crippen LogP contribution in [0.2, 0.25) is 0 Å². The molecule has 1 fully saturated rings. The minimum atomic E-state index is 0.225. The quantitative estimate of drug-likeness (QED) is 0.752. The minimum absolute atomic E-state index is 0.225. The lowest BCUT2D eigenvalue weighted by atomic mass is 10.2. The van der Waals surface area contributed by atoms with Gasteiger partial charge in [0.15, 0.2) is 0 Å². The highest BCUT2D eigenvalue weighted by atomic mass is 15.1. The van der Waals surface area contributed by atoms with Crippen molar-refractivity contribution >= 4 is 22.4 Å². The van der Waals surface area contributed by atoms with Gasteiger partial charge in [-0.1, -0.05) is 0 Å². The van der Waals surface area contributed by atoms with Gasteiger partial charge in [-0.05, 0) is 38.0 Å². The van der Waals surface area contributed by atoms with Gasteiger partial charge in [0.25, 0.3) is 0 Å². The first kappa shape index (κ1) is 9.39. The normalized spacial score (nSPS) is 17.3. The van der Waals surface area contributed by atoms with Gasteiger partial charge in [-0.25, -0.2) is 9.97 Å². The first-order valence-electron chi connectivity index (χ1n) is 5.45. The van der Waals surface area contributed by atoms with Crippen molar-refractivity contribution in [1.29, 1.82) is 0 Å². The van der Waals surface area contributed by atoms with Crippen molar-refractivity contribution in [2.24, 2.45) is 0 Å². The zero-order valence-corrected chi connectivity index (χ0v) is 9.20. The van der Waals surface area contributed by atoms with Crippen molar-refractivity contribution < 1.29 is 0 Å². The predicted octanol–water partition coefficient (Wildman–Crippen LogP) is 2.18. The summed E-state index contributed by atoms with van der Waals surface area (Å²) in [6.45, 7) is 2.21. The van der Waals surface area contributed by atoms with E-state index in [0.29, 0.717) is 0 Å². The molecular formula is C12H14N4. The van der Waals surface area contributed by atoms with Crippen molar-refractivity contribution in [1.82, 2.24) is 9.97 Å². The van der Waals surface area contributed by atoms with E-state index in [-0.39, 0.29) is 5.54 Å². The molecule has 1 heterocycles. The minimum Gasteiger partial charge on any atom is -0.399 e. The fourth-order valence-corrected chi connectivity index (χ4v) is 1.77. The standard InChI is InChI=1S/C12H14N4/c1-12(4-5-12)16-11-9-3-2-8(13)6-10(9)14-7-15-11/h2-3,6-7H,4-5,13H2,1H3,(H,14,15,16). The molecule has 82 valence electrons. The molecule has 0 unspecified atom stereocenters. The summed E-state index contributed by atoms with van der Waals surface area (Å²) in [6, 6.07) is 5.72. The largest absolute Gasteiger partial charge is 0.399 e. The lowest BCUT2D eigenvalue weighted by Gasteiger charge is -2.13. The highest BCUT2D eigenvalue weighted by Gasteiger charge is 2.37. The highest BCUT2D eigenvalue weighted by molar-refractivity contribution is 5.91. The van der Waals surface area contributed by atoms with Crippen LogP contribution in [0.1, 0.15) is 19.8 Å². The van der Waals surface area contributed by atoms with Gasteiger partial charge in [0.05, 0.1) is 5.52 Å². The lowest BCUT2D eigenvalue weighted by Crippen LogP contribution is -2.17. The molecule has 0 aliphatic heterocycles. The summed E-state index contributed by atoms with van der Waals surface area (Å²) in [5.74, 6) is 0.907. The van der Waals surface area contributed by atoms with Crippen molar-refractivity contribution in [3.8, 4) is 0 Å². The van der Waals surface area contributed by atoms with E-state index in [2.05, 4.69) is 22.2 Å². The molecule has 0 saturated heterocycles. The van der Waals surface area contributed by atoms with Gasteiger partial charge in [0.1, 0.15) is 12.1 Å². The molecule has 1 aromatic carbocycles. The number of rotatable bonds is 2. The Morgan fingerprint density at radius 3 is 2.88 bits per heavy atom. The predicted molar refractivity (Wildman–Crippen MR) is 65.2 cm³/mol. The van der Waals surface area contributed by atoms with Gasteiger partial charge in [-0.2, -0.15) is 0 Å². The number of benzene rings is 1. The summed E-state index contributed by atoms with van der Waals surface area (Å²) in [7, 11) is 0. The maximum atomic E-state index is 5.73. The number of nitrogen functional groups attached to an aromatic ring is 1. The zero-order chi connectivity index (χ0) is 11.2. The number of aromatic nitrogens is 2. The number of nitrogens with two attached hydrogens (primary N) is 1. The Kier molecular flexibility index (Phi) is 1.80. The van der Waals surface area contributed by atoms with Gasteiger partial charge < -0.3 is 11.1 Å². The number of anilines is 2. The number of fused-ring (bicyclic) bond motifs is 1. The molecule has 1 aromatic heterocycles. The Labute approximate surface area is 93.9 Å². The summed E-state index contributed by atoms with van der Waals surface area (Å²) in [4.78, 5) is 8.52. The molecule has 0 bridgehead atoms. The fraction of sp³-hybridized carbons (Fsp3) is 0.333. The Morgan fingerprint density at radius 2 is 2.12 bits per heavy atom. The second-order valence-electron chi connectivity index (χ2n) is 4.68. The molecule has 0 radical (unpaired) electrons. The van der Waals surface area contributed by atoms with Crippen LogP contribution in [0.3, 0.4) is 0 Å². The van der Waals surface area contributed by atoms with Gasteiger partial charge in [0, 0.05) is 16.6 Å². The number of nitrogens with zero attached hydrogens (tertiary/aromatic N) is 2. The summed E-state index contributed by atoms with van der Waals surface area (Å²) in [5.41, 5.74) is 7.58. The van der Waals surface area contributed by atoms with Crippen LogP contribution >= 0.6 is 0 Å². The lowest BCUT2D eigenvalue weighted by molar-refractivity contribution is 0.822. The number of hydrogen-bond acceptors (Lipinski definition) is 4. The summed E-state index contributed by atoms with van der Waals surface area (Å²) in [6.07, 6.45) is 3.98. The summed E-state index contributed by atoms with van der Waals surface area (Å²) in [5, 5.41) is 4.50. The zero-order valence-electron chi connectivity index (χ0n) is 9.20. The SMILES string of the molecule is CC1(Nc2ncnc3cc(N)ccc23)CC1. The fourth-order valence-electron chi connectivity index (χ4n) is 1.77. The third-order valence-corrected chi connectivity index (χ3v) is 3.08. The second-order valence-corrected chi connectivity index (χ2v) is 4.68. The van der Waals surface area contributed by atoms with Crippen molar-refractivity contribution in [3.63, 3.8) is 0 Å². The van der Waals surface area contributed by atoms with Gasteiger partial charge in [-0.15, -0.1) is 0 Å². The molecule has 1 saturated carbocycles. The number of nitrogens with one attached hydrogen (secondary N) is 1. The first-order valence-corrected chi connectivity index (χ1v) is 5.45. The van der Waals surface area contributed by atoms with Gasteiger partial charge in [0.2, 0.25) is 0 Å². The smallest absolute Gasteiger partial charge is 0.137 e. The maximum absolute atomic E-state index is 5.73. The van der Waals surface area contributed by atoms with Crippen molar-refractivity contribution in [2.45, 2.75) is 25.3 Å². The van der Waals surface area contributed by atoms with E-state index in [0.717, 1.165) is 22.4 Å². The highest BCUT2D eigenvalue weighted by Crippen LogP contribution is 2.38. The summed E-state index contributed by atoms with van der Waals surface area (Å²) < 4.78 is 0. The molecule has 4 nitrogen and oxygen atoms in total. The van der Waals surface area contributed by atoms with Crippen LogP contribution in [-0.2, 0) is 0 Å². The van der Waals surface area contributed by atoms with Crippen LogP contribution in [0.4, 0.5) is 11.5 Å². The molecule has 3 rings (SSSR count).